The summed E-state index contributed by atoms with van der Waals surface area (Å²) in [6.07, 6.45) is 1.42. The summed E-state index contributed by atoms with van der Waals surface area (Å²) in [4.78, 5) is 24.9. The maximum absolute atomic E-state index is 11.9. The summed E-state index contributed by atoms with van der Waals surface area (Å²) in [6, 6.07) is 0. The molecular weight excluding hydrogens is 238 g/mol. The van der Waals surface area contributed by atoms with Gasteiger partial charge in [0.1, 0.15) is 0 Å². The molecule has 0 rings (SSSR count). The molecule has 0 aromatic rings. The lowest BCUT2D eigenvalue weighted by molar-refractivity contribution is -0.136. The predicted octanol–water partition coefficient (Wildman–Crippen LogP) is 0.283. The van der Waals surface area contributed by atoms with E-state index >= 15 is 0 Å². The molecule has 0 saturated heterocycles. The van der Waals surface area contributed by atoms with Crippen LogP contribution in [0.25, 0.3) is 0 Å². The standard InChI is InChI=1S/C11H21N3O2S/c1-4-6-13-9(15)7-14(3)11(16)8(5-2)10(12)17/h8H,4-7H2,1-3H3,(H2,12,17)(H,13,15). The minimum absolute atomic E-state index is 0.0396. The first-order valence-electron chi connectivity index (χ1n) is 5.75. The zero-order valence-corrected chi connectivity index (χ0v) is 11.5. The molecule has 0 fully saturated rings. The first-order chi connectivity index (χ1) is 7.93. The van der Waals surface area contributed by atoms with Gasteiger partial charge in [0.25, 0.3) is 0 Å². The van der Waals surface area contributed by atoms with E-state index in [-0.39, 0.29) is 23.3 Å². The number of carbonyl (C=O) groups is 2. The Morgan fingerprint density at radius 2 is 2.00 bits per heavy atom. The highest BCUT2D eigenvalue weighted by Gasteiger charge is 2.23. The second kappa shape index (κ2) is 8.00. The Bertz CT molecular complexity index is 294. The van der Waals surface area contributed by atoms with Crippen LogP contribution in [0.4, 0.5) is 0 Å². The van der Waals surface area contributed by atoms with E-state index in [2.05, 4.69) is 5.32 Å². The maximum Gasteiger partial charge on any atom is 0.239 e. The average Bonchev–Trinajstić information content (AvgIpc) is 2.26. The molecule has 0 aromatic heterocycles. The highest BCUT2D eigenvalue weighted by atomic mass is 32.1. The number of nitrogens with zero attached hydrogens (tertiary/aromatic N) is 1. The normalized spacial score (nSPS) is 11.7. The van der Waals surface area contributed by atoms with Gasteiger partial charge in [-0.3, -0.25) is 9.59 Å². The molecule has 3 N–H and O–H groups in total. The van der Waals surface area contributed by atoms with Crippen LogP contribution in [-0.4, -0.2) is 41.8 Å². The van der Waals surface area contributed by atoms with E-state index in [9.17, 15) is 9.59 Å². The van der Waals surface area contributed by atoms with Gasteiger partial charge >= 0.3 is 0 Å². The van der Waals surface area contributed by atoms with E-state index in [4.69, 9.17) is 18.0 Å². The zero-order valence-electron chi connectivity index (χ0n) is 10.7. The lowest BCUT2D eigenvalue weighted by atomic mass is 10.1. The number of carbonyl (C=O) groups excluding carboxylic acids is 2. The summed E-state index contributed by atoms with van der Waals surface area (Å²) < 4.78 is 0. The lowest BCUT2D eigenvalue weighted by Gasteiger charge is -2.21. The molecule has 0 spiro atoms. The lowest BCUT2D eigenvalue weighted by Crippen LogP contribution is -2.43. The Hall–Kier alpha value is -1.17. The van der Waals surface area contributed by atoms with Crippen LogP contribution in [0, 0.1) is 5.92 Å². The van der Waals surface area contributed by atoms with Crippen molar-refractivity contribution in [3.05, 3.63) is 0 Å². The molecule has 1 unspecified atom stereocenters. The summed E-state index contributed by atoms with van der Waals surface area (Å²) in [5, 5.41) is 2.71. The molecule has 0 aliphatic rings. The molecule has 0 aliphatic heterocycles. The molecule has 17 heavy (non-hydrogen) atoms. The van der Waals surface area contributed by atoms with Gasteiger partial charge in [0.05, 0.1) is 17.5 Å². The molecule has 0 aromatic carbocycles. The van der Waals surface area contributed by atoms with E-state index in [1.807, 2.05) is 13.8 Å². The monoisotopic (exact) mass is 259 g/mol. The zero-order chi connectivity index (χ0) is 13.4. The van der Waals surface area contributed by atoms with Crippen LogP contribution in [0.5, 0.6) is 0 Å². The fourth-order valence-corrected chi connectivity index (χ4v) is 1.64. The highest BCUT2D eigenvalue weighted by molar-refractivity contribution is 7.80. The Balaban J connectivity index is 4.30. The second-order valence-corrected chi connectivity index (χ2v) is 4.38. The Labute approximate surface area is 108 Å². The molecule has 5 nitrogen and oxygen atoms in total. The molecule has 1 atom stereocenters. The van der Waals surface area contributed by atoms with Crippen molar-refractivity contribution in [1.82, 2.24) is 10.2 Å². The Morgan fingerprint density at radius 3 is 2.41 bits per heavy atom. The summed E-state index contributed by atoms with van der Waals surface area (Å²) in [5.41, 5.74) is 5.48. The summed E-state index contributed by atoms with van der Waals surface area (Å²) in [6.45, 7) is 4.47. The second-order valence-electron chi connectivity index (χ2n) is 3.91. The van der Waals surface area contributed by atoms with Gasteiger partial charge in [0, 0.05) is 13.6 Å². The molecule has 2 amide bonds. The van der Waals surface area contributed by atoms with Crippen LogP contribution in [0.15, 0.2) is 0 Å². The van der Waals surface area contributed by atoms with Gasteiger partial charge in [-0.15, -0.1) is 0 Å². The van der Waals surface area contributed by atoms with E-state index in [0.717, 1.165) is 6.42 Å². The molecule has 0 aliphatic carbocycles. The number of rotatable bonds is 7. The summed E-state index contributed by atoms with van der Waals surface area (Å²) in [5.74, 6) is -0.846. The molecule has 0 heterocycles. The number of likely N-dealkylation sites (N-methyl/N-ethyl adjacent to an activating group) is 1. The summed E-state index contributed by atoms with van der Waals surface area (Å²) in [7, 11) is 1.58. The quantitative estimate of drug-likeness (QED) is 0.644. The van der Waals surface area contributed by atoms with Crippen LogP contribution >= 0.6 is 12.2 Å². The molecule has 98 valence electrons. The van der Waals surface area contributed by atoms with Crippen molar-refractivity contribution in [2.75, 3.05) is 20.1 Å². The third-order valence-corrected chi connectivity index (χ3v) is 2.66. The number of hydrogen-bond acceptors (Lipinski definition) is 3. The van der Waals surface area contributed by atoms with E-state index < -0.39 is 5.92 Å². The fraction of sp³-hybridized carbons (Fsp3) is 0.727. The van der Waals surface area contributed by atoms with Gasteiger partial charge in [-0.05, 0) is 12.8 Å². The van der Waals surface area contributed by atoms with Crippen molar-refractivity contribution >= 4 is 29.0 Å². The van der Waals surface area contributed by atoms with Crippen molar-refractivity contribution in [3.8, 4) is 0 Å². The van der Waals surface area contributed by atoms with Gasteiger partial charge in [-0.25, -0.2) is 0 Å². The first-order valence-corrected chi connectivity index (χ1v) is 6.15. The van der Waals surface area contributed by atoms with Gasteiger partial charge < -0.3 is 16.0 Å². The van der Waals surface area contributed by atoms with Crippen molar-refractivity contribution < 1.29 is 9.59 Å². The Morgan fingerprint density at radius 1 is 1.41 bits per heavy atom. The van der Waals surface area contributed by atoms with Crippen LogP contribution in [0.2, 0.25) is 0 Å². The smallest absolute Gasteiger partial charge is 0.239 e. The molecule has 6 heteroatoms. The molecule has 0 bridgehead atoms. The number of thiocarbonyl (C=S) groups is 1. The van der Waals surface area contributed by atoms with Crippen molar-refractivity contribution in [2.24, 2.45) is 11.7 Å². The first kappa shape index (κ1) is 15.8. The largest absolute Gasteiger partial charge is 0.393 e. The third-order valence-electron chi connectivity index (χ3n) is 2.38. The minimum atomic E-state index is -0.478. The average molecular weight is 259 g/mol. The SMILES string of the molecule is CCCNC(=O)CN(C)C(=O)C(CC)C(N)=S. The van der Waals surface area contributed by atoms with Crippen LogP contribution in [0.3, 0.4) is 0 Å². The number of hydrogen-bond donors (Lipinski definition) is 2. The van der Waals surface area contributed by atoms with E-state index in [0.29, 0.717) is 13.0 Å². The van der Waals surface area contributed by atoms with Crippen LogP contribution < -0.4 is 11.1 Å². The third kappa shape index (κ3) is 5.63. The van der Waals surface area contributed by atoms with Gasteiger partial charge in [0.15, 0.2) is 0 Å². The van der Waals surface area contributed by atoms with Crippen LogP contribution in [0.1, 0.15) is 26.7 Å². The van der Waals surface area contributed by atoms with E-state index in [1.54, 1.807) is 7.05 Å². The Kier molecular flexibility index (Phi) is 7.45. The molecule has 0 saturated carbocycles. The fourth-order valence-electron chi connectivity index (χ4n) is 1.38. The minimum Gasteiger partial charge on any atom is -0.393 e. The number of nitrogens with one attached hydrogen (secondary N) is 1. The maximum atomic E-state index is 11.9. The summed E-state index contributed by atoms with van der Waals surface area (Å²) >= 11 is 4.82. The van der Waals surface area contributed by atoms with Crippen molar-refractivity contribution in [2.45, 2.75) is 26.7 Å². The van der Waals surface area contributed by atoms with Gasteiger partial charge in [-0.2, -0.15) is 0 Å². The van der Waals surface area contributed by atoms with Crippen LogP contribution in [-0.2, 0) is 9.59 Å². The topological polar surface area (TPSA) is 75.4 Å². The van der Waals surface area contributed by atoms with Gasteiger partial charge in [-0.1, -0.05) is 26.1 Å². The van der Waals surface area contributed by atoms with Crippen molar-refractivity contribution in [3.63, 3.8) is 0 Å². The van der Waals surface area contributed by atoms with E-state index in [1.165, 1.54) is 4.90 Å². The number of nitrogens with two attached hydrogens (primary N) is 1. The molecule has 0 radical (unpaired) electrons. The number of amides is 2. The van der Waals surface area contributed by atoms with Crippen molar-refractivity contribution in [1.29, 1.82) is 0 Å². The molecular formula is C11H21N3O2S. The predicted molar refractivity (Wildman–Crippen MR) is 71.5 cm³/mol. The highest BCUT2D eigenvalue weighted by Crippen LogP contribution is 2.07. The van der Waals surface area contributed by atoms with Gasteiger partial charge in [0.2, 0.25) is 11.8 Å².